The van der Waals surface area contributed by atoms with Gasteiger partial charge in [0.2, 0.25) is 0 Å². The van der Waals surface area contributed by atoms with Crippen LogP contribution in [0.1, 0.15) is 30.9 Å². The van der Waals surface area contributed by atoms with Crippen molar-refractivity contribution in [1.82, 2.24) is 20.3 Å². The van der Waals surface area contributed by atoms with E-state index in [9.17, 15) is 4.79 Å². The van der Waals surface area contributed by atoms with Gasteiger partial charge < -0.3 is 10.1 Å². The molecule has 4 rings (SSSR count). The molecular weight excluding hydrogens is 420 g/mol. The van der Waals surface area contributed by atoms with Gasteiger partial charge in [-0.2, -0.15) is 0 Å². The maximum absolute atomic E-state index is 12.1. The molecule has 1 saturated carbocycles. The first kappa shape index (κ1) is 18.7. The number of nitrogens with zero attached hydrogens (tertiary/aromatic N) is 3. The highest BCUT2D eigenvalue weighted by Gasteiger charge is 2.29. The van der Waals surface area contributed by atoms with Crippen LogP contribution in [0.15, 0.2) is 65.3 Å². The van der Waals surface area contributed by atoms with Crippen LogP contribution in [-0.4, -0.2) is 27.1 Å². The van der Waals surface area contributed by atoms with Crippen molar-refractivity contribution in [2.24, 2.45) is 0 Å². The van der Waals surface area contributed by atoms with E-state index >= 15 is 0 Å². The maximum Gasteiger partial charge on any atom is 0.407 e. The predicted octanol–water partition coefficient (Wildman–Crippen LogP) is 4.73. The zero-order valence-electron chi connectivity index (χ0n) is 15.3. The Kier molecular flexibility index (Phi) is 5.71. The zero-order valence-corrected chi connectivity index (χ0v) is 16.9. The number of carbonyl (C=O) groups is 1. The highest BCUT2D eigenvalue weighted by Crippen LogP contribution is 2.33. The number of amides is 1. The predicted molar refractivity (Wildman–Crippen MR) is 110 cm³/mol. The lowest BCUT2D eigenvalue weighted by Gasteiger charge is -2.15. The summed E-state index contributed by atoms with van der Waals surface area (Å²) in [6, 6.07) is 18.1. The van der Waals surface area contributed by atoms with E-state index in [1.807, 2.05) is 59.3 Å². The summed E-state index contributed by atoms with van der Waals surface area (Å²) in [5, 5.41) is 11.4. The Morgan fingerprint density at radius 1 is 1.14 bits per heavy atom. The van der Waals surface area contributed by atoms with Crippen molar-refractivity contribution >= 4 is 22.0 Å². The van der Waals surface area contributed by atoms with Crippen LogP contribution < -0.4 is 5.32 Å². The quantitative estimate of drug-likeness (QED) is 0.622. The SMILES string of the molecule is O=C(N[C@H]1CC[C@@H](n2nncc2-c2ccc(Br)cc2)C1)OCc1ccccc1. The second-order valence-corrected chi connectivity index (χ2v) is 7.86. The number of aromatic nitrogens is 3. The van der Waals surface area contributed by atoms with E-state index in [0.717, 1.165) is 40.6 Å². The summed E-state index contributed by atoms with van der Waals surface area (Å²) < 4.78 is 8.34. The molecule has 28 heavy (non-hydrogen) atoms. The Hall–Kier alpha value is -2.67. The fraction of sp³-hybridized carbons (Fsp3) is 0.286. The number of nitrogens with one attached hydrogen (secondary N) is 1. The molecule has 1 aromatic heterocycles. The van der Waals surface area contributed by atoms with Gasteiger partial charge in [-0.15, -0.1) is 5.10 Å². The Bertz CT molecular complexity index is 927. The zero-order chi connectivity index (χ0) is 19.3. The van der Waals surface area contributed by atoms with Gasteiger partial charge in [-0.1, -0.05) is 63.6 Å². The highest BCUT2D eigenvalue weighted by molar-refractivity contribution is 9.10. The van der Waals surface area contributed by atoms with E-state index in [1.54, 1.807) is 6.20 Å². The second-order valence-electron chi connectivity index (χ2n) is 6.94. The van der Waals surface area contributed by atoms with Crippen LogP contribution in [0.4, 0.5) is 4.79 Å². The van der Waals surface area contributed by atoms with Gasteiger partial charge in [0.25, 0.3) is 0 Å². The fourth-order valence-corrected chi connectivity index (χ4v) is 3.85. The molecule has 6 nitrogen and oxygen atoms in total. The molecule has 0 unspecified atom stereocenters. The van der Waals surface area contributed by atoms with E-state index in [1.165, 1.54) is 0 Å². The molecule has 0 saturated heterocycles. The number of benzene rings is 2. The largest absolute Gasteiger partial charge is 0.445 e. The minimum Gasteiger partial charge on any atom is -0.445 e. The summed E-state index contributed by atoms with van der Waals surface area (Å²) in [6.45, 7) is 0.277. The van der Waals surface area contributed by atoms with E-state index in [0.29, 0.717) is 0 Å². The molecule has 3 aromatic rings. The van der Waals surface area contributed by atoms with Gasteiger partial charge in [-0.3, -0.25) is 0 Å². The summed E-state index contributed by atoms with van der Waals surface area (Å²) in [7, 11) is 0. The van der Waals surface area contributed by atoms with Crippen molar-refractivity contribution in [2.45, 2.75) is 38.0 Å². The van der Waals surface area contributed by atoms with Crippen molar-refractivity contribution in [3.8, 4) is 11.3 Å². The number of carbonyl (C=O) groups excluding carboxylic acids is 1. The Morgan fingerprint density at radius 3 is 2.71 bits per heavy atom. The van der Waals surface area contributed by atoms with Gasteiger partial charge in [0.05, 0.1) is 17.9 Å². The fourth-order valence-electron chi connectivity index (χ4n) is 3.58. The molecule has 1 amide bonds. The van der Waals surface area contributed by atoms with E-state index < -0.39 is 0 Å². The second kappa shape index (κ2) is 8.56. The first-order valence-electron chi connectivity index (χ1n) is 9.32. The van der Waals surface area contributed by atoms with E-state index in [2.05, 4.69) is 31.6 Å². The third kappa shape index (κ3) is 4.42. The van der Waals surface area contributed by atoms with Crippen LogP contribution in [0.3, 0.4) is 0 Å². The summed E-state index contributed by atoms with van der Waals surface area (Å²) in [4.78, 5) is 12.1. The van der Waals surface area contributed by atoms with Crippen molar-refractivity contribution in [2.75, 3.05) is 0 Å². The monoisotopic (exact) mass is 440 g/mol. The summed E-state index contributed by atoms with van der Waals surface area (Å²) in [5.41, 5.74) is 3.04. The first-order valence-corrected chi connectivity index (χ1v) is 10.1. The molecule has 144 valence electrons. The summed E-state index contributed by atoms with van der Waals surface area (Å²) >= 11 is 3.46. The van der Waals surface area contributed by atoms with Gasteiger partial charge in [-0.25, -0.2) is 9.48 Å². The van der Waals surface area contributed by atoms with Gasteiger partial charge in [0, 0.05) is 16.1 Å². The van der Waals surface area contributed by atoms with Gasteiger partial charge >= 0.3 is 6.09 Å². The lowest BCUT2D eigenvalue weighted by Crippen LogP contribution is -2.33. The summed E-state index contributed by atoms with van der Waals surface area (Å²) in [6.07, 6.45) is 4.06. The molecule has 1 heterocycles. The highest BCUT2D eigenvalue weighted by atomic mass is 79.9. The Morgan fingerprint density at radius 2 is 1.93 bits per heavy atom. The number of hydrogen-bond acceptors (Lipinski definition) is 4. The average Bonchev–Trinajstić information content (AvgIpc) is 3.37. The molecular formula is C21H21BrN4O2. The molecule has 0 bridgehead atoms. The minimum atomic E-state index is -0.374. The molecule has 1 aliphatic carbocycles. The minimum absolute atomic E-state index is 0.0789. The van der Waals surface area contributed by atoms with Crippen molar-refractivity contribution in [3.63, 3.8) is 0 Å². The normalized spacial score (nSPS) is 18.8. The Labute approximate surface area is 172 Å². The third-order valence-corrected chi connectivity index (χ3v) is 5.53. The summed E-state index contributed by atoms with van der Waals surface area (Å²) in [5.74, 6) is 0. The first-order chi connectivity index (χ1) is 13.7. The van der Waals surface area contributed by atoms with Gasteiger partial charge in [-0.05, 0) is 37.0 Å². The van der Waals surface area contributed by atoms with Crippen molar-refractivity contribution in [1.29, 1.82) is 0 Å². The van der Waals surface area contributed by atoms with Gasteiger partial charge in [0.1, 0.15) is 6.61 Å². The molecule has 1 N–H and O–H groups in total. The molecule has 0 spiro atoms. The Balaban J connectivity index is 1.34. The number of ether oxygens (including phenoxy) is 1. The lowest BCUT2D eigenvalue weighted by atomic mass is 10.1. The van der Waals surface area contributed by atoms with E-state index in [-0.39, 0.29) is 24.8 Å². The number of halogens is 1. The van der Waals surface area contributed by atoms with E-state index in [4.69, 9.17) is 4.74 Å². The number of rotatable bonds is 5. The van der Waals surface area contributed by atoms with Crippen LogP contribution in [-0.2, 0) is 11.3 Å². The molecule has 7 heteroatoms. The van der Waals surface area contributed by atoms with Gasteiger partial charge in [0.15, 0.2) is 0 Å². The van der Waals surface area contributed by atoms with Crippen LogP contribution in [0, 0.1) is 0 Å². The van der Waals surface area contributed by atoms with Crippen LogP contribution in [0.5, 0.6) is 0 Å². The number of alkyl carbamates (subject to hydrolysis) is 1. The lowest BCUT2D eigenvalue weighted by molar-refractivity contribution is 0.135. The van der Waals surface area contributed by atoms with Crippen LogP contribution in [0.25, 0.3) is 11.3 Å². The molecule has 2 aromatic carbocycles. The molecule has 0 aliphatic heterocycles. The number of hydrogen-bond donors (Lipinski definition) is 1. The average molecular weight is 441 g/mol. The molecule has 0 radical (unpaired) electrons. The standard InChI is InChI=1S/C21H21BrN4O2/c22-17-8-6-16(7-9-17)20-13-23-25-26(20)19-11-10-18(12-19)24-21(27)28-14-15-4-2-1-3-5-15/h1-9,13,18-19H,10-12,14H2,(H,24,27)/t18-,19+/m0/s1. The molecule has 1 aliphatic rings. The topological polar surface area (TPSA) is 69.0 Å². The maximum atomic E-state index is 12.1. The van der Waals surface area contributed by atoms with Crippen molar-refractivity contribution in [3.05, 3.63) is 70.8 Å². The smallest absolute Gasteiger partial charge is 0.407 e. The van der Waals surface area contributed by atoms with Crippen LogP contribution >= 0.6 is 15.9 Å². The van der Waals surface area contributed by atoms with Crippen molar-refractivity contribution < 1.29 is 9.53 Å². The van der Waals surface area contributed by atoms with Crippen LogP contribution in [0.2, 0.25) is 0 Å². The molecule has 1 fully saturated rings. The molecule has 2 atom stereocenters. The third-order valence-electron chi connectivity index (χ3n) is 5.00.